The predicted octanol–water partition coefficient (Wildman–Crippen LogP) is 1.17. The van der Waals surface area contributed by atoms with E-state index in [0.29, 0.717) is 0 Å². The monoisotopic (exact) mass is 282 g/mol. The predicted molar refractivity (Wildman–Crippen MR) is 76.5 cm³/mol. The first kappa shape index (κ1) is 15.4. The van der Waals surface area contributed by atoms with E-state index in [2.05, 4.69) is 41.0 Å². The van der Waals surface area contributed by atoms with Crippen LogP contribution in [-0.2, 0) is 17.7 Å². The number of rotatable bonds is 7. The fourth-order valence-corrected chi connectivity index (χ4v) is 2.43. The Balaban J connectivity index is 1.81. The van der Waals surface area contributed by atoms with E-state index < -0.39 is 0 Å². The van der Waals surface area contributed by atoms with E-state index in [-0.39, 0.29) is 6.10 Å². The molecule has 0 radical (unpaired) electrons. The lowest BCUT2D eigenvalue weighted by Gasteiger charge is -2.33. The van der Waals surface area contributed by atoms with Crippen LogP contribution in [0.1, 0.15) is 31.5 Å². The average molecular weight is 282 g/mol. The normalized spacial score (nSPS) is 20.7. The summed E-state index contributed by atoms with van der Waals surface area (Å²) in [5, 5.41) is 4.07. The van der Waals surface area contributed by atoms with Crippen molar-refractivity contribution in [3.8, 4) is 0 Å². The molecule has 0 N–H and O–H groups in total. The van der Waals surface area contributed by atoms with Gasteiger partial charge in [-0.25, -0.2) is 0 Å². The maximum absolute atomic E-state index is 5.77. The van der Waals surface area contributed by atoms with Crippen LogP contribution in [0.5, 0.6) is 0 Å². The second kappa shape index (κ2) is 7.71. The van der Waals surface area contributed by atoms with Crippen LogP contribution in [0.4, 0.5) is 0 Å². The smallest absolute Gasteiger partial charge is 0.226 e. The van der Waals surface area contributed by atoms with Crippen LogP contribution in [0.2, 0.25) is 0 Å². The summed E-state index contributed by atoms with van der Waals surface area (Å²) < 4.78 is 11.0. The van der Waals surface area contributed by atoms with Crippen LogP contribution in [-0.4, -0.2) is 66.4 Å². The van der Waals surface area contributed by atoms with Crippen molar-refractivity contribution >= 4 is 0 Å². The molecule has 1 saturated heterocycles. The maximum atomic E-state index is 5.77. The van der Waals surface area contributed by atoms with E-state index >= 15 is 0 Å². The van der Waals surface area contributed by atoms with Crippen molar-refractivity contribution in [3.63, 3.8) is 0 Å². The molecule has 0 saturated carbocycles. The molecule has 1 aromatic heterocycles. The zero-order valence-electron chi connectivity index (χ0n) is 12.8. The van der Waals surface area contributed by atoms with Gasteiger partial charge >= 0.3 is 0 Å². The zero-order chi connectivity index (χ0) is 14.4. The second-order valence-corrected chi connectivity index (χ2v) is 5.70. The molecule has 6 heteroatoms. The van der Waals surface area contributed by atoms with Crippen LogP contribution in [0.25, 0.3) is 0 Å². The Morgan fingerprint density at radius 2 is 2.25 bits per heavy atom. The van der Waals surface area contributed by atoms with Gasteiger partial charge in [0.15, 0.2) is 5.82 Å². The largest absolute Gasteiger partial charge is 0.374 e. The van der Waals surface area contributed by atoms with Crippen molar-refractivity contribution in [1.29, 1.82) is 0 Å². The topological polar surface area (TPSA) is 54.6 Å². The molecule has 0 aromatic carbocycles. The highest BCUT2D eigenvalue weighted by Crippen LogP contribution is 2.10. The fraction of sp³-hybridized carbons (Fsp3) is 0.857. The summed E-state index contributed by atoms with van der Waals surface area (Å²) in [6, 6.07) is 0. The van der Waals surface area contributed by atoms with Gasteiger partial charge in [0.25, 0.3) is 0 Å². The van der Waals surface area contributed by atoms with Crippen LogP contribution in [0, 0.1) is 0 Å². The third-order valence-corrected chi connectivity index (χ3v) is 3.41. The minimum absolute atomic E-state index is 0.269. The summed E-state index contributed by atoms with van der Waals surface area (Å²) in [5.74, 6) is 1.56. The molecular formula is C14H26N4O2. The molecule has 1 unspecified atom stereocenters. The Morgan fingerprint density at radius 3 is 3.00 bits per heavy atom. The summed E-state index contributed by atoms with van der Waals surface area (Å²) in [5.41, 5.74) is 0. The average Bonchev–Trinajstić information content (AvgIpc) is 2.83. The molecule has 0 amide bonds. The van der Waals surface area contributed by atoms with Gasteiger partial charge in [0.2, 0.25) is 5.89 Å². The summed E-state index contributed by atoms with van der Waals surface area (Å²) in [6.07, 6.45) is 3.40. The van der Waals surface area contributed by atoms with E-state index in [1.165, 1.54) is 0 Å². The first-order chi connectivity index (χ1) is 9.67. The molecule has 1 aliphatic rings. The molecule has 0 aliphatic carbocycles. The van der Waals surface area contributed by atoms with E-state index in [1.54, 1.807) is 0 Å². The van der Waals surface area contributed by atoms with Gasteiger partial charge in [0.05, 0.1) is 19.3 Å². The Labute approximate surface area is 121 Å². The number of unbranched alkanes of at least 4 members (excludes halogenated alkanes) is 1. The number of hydrogen-bond donors (Lipinski definition) is 0. The minimum atomic E-state index is 0.269. The van der Waals surface area contributed by atoms with Crippen molar-refractivity contribution in [3.05, 3.63) is 11.7 Å². The first-order valence-electron chi connectivity index (χ1n) is 7.47. The van der Waals surface area contributed by atoms with Crippen LogP contribution < -0.4 is 0 Å². The minimum Gasteiger partial charge on any atom is -0.374 e. The zero-order valence-corrected chi connectivity index (χ0v) is 12.8. The van der Waals surface area contributed by atoms with Gasteiger partial charge in [-0.1, -0.05) is 18.5 Å². The van der Waals surface area contributed by atoms with Gasteiger partial charge in [-0.05, 0) is 20.5 Å². The molecule has 0 spiro atoms. The third kappa shape index (κ3) is 4.85. The second-order valence-electron chi connectivity index (χ2n) is 5.70. The standard InChI is InChI=1S/C14H26N4O2/c1-4-5-6-14-15-13(16-20-14)11-18-7-8-19-12(10-18)9-17(2)3/h12H,4-11H2,1-3H3. The number of nitrogens with zero attached hydrogens (tertiary/aromatic N) is 4. The third-order valence-electron chi connectivity index (χ3n) is 3.41. The van der Waals surface area contributed by atoms with Crippen molar-refractivity contribution in [2.24, 2.45) is 0 Å². The van der Waals surface area contributed by atoms with Crippen molar-refractivity contribution in [2.75, 3.05) is 40.3 Å². The van der Waals surface area contributed by atoms with Gasteiger partial charge in [0.1, 0.15) is 0 Å². The number of ether oxygens (including phenoxy) is 1. The number of aryl methyl sites for hydroxylation is 1. The van der Waals surface area contributed by atoms with Crippen LogP contribution in [0.15, 0.2) is 4.52 Å². The molecule has 0 bridgehead atoms. The van der Waals surface area contributed by atoms with Crippen molar-refractivity contribution in [2.45, 2.75) is 38.8 Å². The van der Waals surface area contributed by atoms with Crippen LogP contribution >= 0.6 is 0 Å². The number of morpholine rings is 1. The Hall–Kier alpha value is -0.980. The van der Waals surface area contributed by atoms with E-state index in [0.717, 1.165) is 63.8 Å². The van der Waals surface area contributed by atoms with Crippen molar-refractivity contribution < 1.29 is 9.26 Å². The summed E-state index contributed by atoms with van der Waals surface area (Å²) >= 11 is 0. The van der Waals surface area contributed by atoms with Gasteiger partial charge in [-0.3, -0.25) is 4.90 Å². The molecule has 2 heterocycles. The maximum Gasteiger partial charge on any atom is 0.226 e. The van der Waals surface area contributed by atoms with E-state index in [9.17, 15) is 0 Å². The molecule has 114 valence electrons. The molecule has 6 nitrogen and oxygen atoms in total. The lowest BCUT2D eigenvalue weighted by Crippen LogP contribution is -2.46. The molecular weight excluding hydrogens is 256 g/mol. The van der Waals surface area contributed by atoms with E-state index in [4.69, 9.17) is 9.26 Å². The first-order valence-corrected chi connectivity index (χ1v) is 7.47. The fourth-order valence-electron chi connectivity index (χ4n) is 2.43. The van der Waals surface area contributed by atoms with Crippen LogP contribution in [0.3, 0.4) is 0 Å². The SMILES string of the molecule is CCCCc1nc(CN2CCOC(CN(C)C)C2)no1. The number of hydrogen-bond acceptors (Lipinski definition) is 6. The van der Waals surface area contributed by atoms with Gasteiger partial charge in [-0.2, -0.15) is 4.98 Å². The van der Waals surface area contributed by atoms with Gasteiger partial charge in [0, 0.05) is 26.1 Å². The molecule has 1 aliphatic heterocycles. The van der Waals surface area contributed by atoms with E-state index in [1.807, 2.05) is 0 Å². The van der Waals surface area contributed by atoms with Gasteiger partial charge in [-0.15, -0.1) is 0 Å². The highest BCUT2D eigenvalue weighted by atomic mass is 16.5. The summed E-state index contributed by atoms with van der Waals surface area (Å²) in [6.45, 7) is 6.50. The lowest BCUT2D eigenvalue weighted by atomic mass is 10.2. The molecule has 2 rings (SSSR count). The highest BCUT2D eigenvalue weighted by Gasteiger charge is 2.22. The molecule has 1 atom stereocenters. The number of likely N-dealkylation sites (N-methyl/N-ethyl adjacent to an activating group) is 1. The Morgan fingerprint density at radius 1 is 1.40 bits per heavy atom. The lowest BCUT2D eigenvalue weighted by molar-refractivity contribution is -0.0414. The molecule has 1 fully saturated rings. The Kier molecular flexibility index (Phi) is 5.94. The summed E-state index contributed by atoms with van der Waals surface area (Å²) in [7, 11) is 4.14. The molecule has 20 heavy (non-hydrogen) atoms. The highest BCUT2D eigenvalue weighted by molar-refractivity contribution is 4.88. The molecule has 1 aromatic rings. The summed E-state index contributed by atoms with van der Waals surface area (Å²) in [4.78, 5) is 8.95. The number of aromatic nitrogens is 2. The quantitative estimate of drug-likeness (QED) is 0.748. The Bertz CT molecular complexity index is 394. The van der Waals surface area contributed by atoms with Gasteiger partial charge < -0.3 is 14.2 Å². The van der Waals surface area contributed by atoms with Crippen molar-refractivity contribution in [1.82, 2.24) is 19.9 Å².